The first-order valence-electron chi connectivity index (χ1n) is 6.27. The molecule has 1 amide bonds. The summed E-state index contributed by atoms with van der Waals surface area (Å²) in [5.74, 6) is -1.13. The fourth-order valence-electron chi connectivity index (χ4n) is 2.15. The lowest BCUT2D eigenvalue weighted by atomic mass is 10.1. The third-order valence-corrected chi connectivity index (χ3v) is 3.94. The lowest BCUT2D eigenvalue weighted by molar-refractivity contribution is -0.118. The Hall–Kier alpha value is -1.70. The van der Waals surface area contributed by atoms with Crippen molar-refractivity contribution in [2.45, 2.75) is 6.17 Å². The number of carbonyl (C=O) groups excluding carboxylic acids is 2. The fraction of sp³-hybridized carbons (Fsp3) is 0.143. The molecule has 1 atom stereocenters. The Balaban J connectivity index is 1.93. The van der Waals surface area contributed by atoms with Crippen molar-refractivity contribution in [3.63, 3.8) is 0 Å². The standard InChI is InChI=1S/C14H9BrClFN2O3/c15-13-9(6-1-7(16)3-8(17)2-6)4-10(22-13)12(21)14-18-5-11(20)19-14/h1-4,14,18H,5H2,(H,19,20). The van der Waals surface area contributed by atoms with Crippen LogP contribution in [0.25, 0.3) is 11.1 Å². The van der Waals surface area contributed by atoms with Crippen molar-refractivity contribution in [2.24, 2.45) is 0 Å². The van der Waals surface area contributed by atoms with Crippen LogP contribution in [0.2, 0.25) is 5.02 Å². The molecular weight excluding hydrogens is 379 g/mol. The minimum Gasteiger partial charge on any atom is -0.445 e. The van der Waals surface area contributed by atoms with E-state index in [9.17, 15) is 14.0 Å². The predicted molar refractivity (Wildman–Crippen MR) is 81.1 cm³/mol. The number of halogens is 3. The van der Waals surface area contributed by atoms with Gasteiger partial charge in [0.25, 0.3) is 0 Å². The molecule has 2 N–H and O–H groups in total. The van der Waals surface area contributed by atoms with Crippen LogP contribution < -0.4 is 10.6 Å². The minimum absolute atomic E-state index is 0.0435. The number of benzene rings is 1. The monoisotopic (exact) mass is 386 g/mol. The van der Waals surface area contributed by atoms with Crippen molar-refractivity contribution in [1.82, 2.24) is 10.6 Å². The Morgan fingerprint density at radius 2 is 2.14 bits per heavy atom. The zero-order chi connectivity index (χ0) is 15.9. The van der Waals surface area contributed by atoms with Crippen LogP contribution >= 0.6 is 27.5 Å². The molecule has 114 valence electrons. The highest BCUT2D eigenvalue weighted by molar-refractivity contribution is 9.10. The average Bonchev–Trinajstić information content (AvgIpc) is 3.03. The summed E-state index contributed by atoms with van der Waals surface area (Å²) < 4.78 is 19.1. The molecule has 2 heterocycles. The first-order valence-corrected chi connectivity index (χ1v) is 7.44. The molecule has 22 heavy (non-hydrogen) atoms. The van der Waals surface area contributed by atoms with E-state index in [0.29, 0.717) is 11.1 Å². The number of rotatable bonds is 3. The van der Waals surface area contributed by atoms with Gasteiger partial charge in [-0.15, -0.1) is 0 Å². The maximum absolute atomic E-state index is 13.4. The van der Waals surface area contributed by atoms with Crippen LogP contribution in [-0.2, 0) is 4.79 Å². The lowest BCUT2D eigenvalue weighted by Gasteiger charge is -2.05. The first-order chi connectivity index (χ1) is 10.4. The summed E-state index contributed by atoms with van der Waals surface area (Å²) in [6.07, 6.45) is -0.825. The molecule has 0 aliphatic carbocycles. The highest BCUT2D eigenvalue weighted by Gasteiger charge is 2.30. The number of carbonyl (C=O) groups is 2. The summed E-state index contributed by atoms with van der Waals surface area (Å²) in [4.78, 5) is 23.4. The van der Waals surface area contributed by atoms with E-state index in [2.05, 4.69) is 26.6 Å². The maximum Gasteiger partial charge on any atom is 0.235 e. The number of furan rings is 1. The van der Waals surface area contributed by atoms with E-state index >= 15 is 0 Å². The highest BCUT2D eigenvalue weighted by atomic mass is 79.9. The zero-order valence-corrected chi connectivity index (χ0v) is 13.3. The second-order valence-corrected chi connectivity index (χ2v) is 5.86. The fourth-order valence-corrected chi connectivity index (χ4v) is 2.89. The van der Waals surface area contributed by atoms with E-state index in [-0.39, 0.29) is 27.9 Å². The van der Waals surface area contributed by atoms with Crippen LogP contribution in [0.5, 0.6) is 0 Å². The Bertz CT molecular complexity index is 757. The van der Waals surface area contributed by atoms with Crippen molar-refractivity contribution in [2.75, 3.05) is 6.54 Å². The number of Topliss-reactive ketones (excluding diaryl/α,β-unsaturated/α-hetero) is 1. The summed E-state index contributed by atoms with van der Waals surface area (Å²) in [6.45, 7) is 0.0741. The van der Waals surface area contributed by atoms with Gasteiger partial charge in [0.15, 0.2) is 10.4 Å². The second kappa shape index (κ2) is 5.83. The van der Waals surface area contributed by atoms with E-state index in [1.807, 2.05) is 0 Å². The van der Waals surface area contributed by atoms with Crippen LogP contribution in [0.3, 0.4) is 0 Å². The number of amides is 1. The summed E-state index contributed by atoms with van der Waals surface area (Å²) in [7, 11) is 0. The van der Waals surface area contributed by atoms with E-state index in [4.69, 9.17) is 16.0 Å². The summed E-state index contributed by atoms with van der Waals surface area (Å²) in [5.41, 5.74) is 0.970. The second-order valence-electron chi connectivity index (χ2n) is 4.70. The number of nitrogens with one attached hydrogen (secondary N) is 2. The molecule has 1 unspecified atom stereocenters. The molecule has 1 fully saturated rings. The summed E-state index contributed by atoms with van der Waals surface area (Å²) in [5, 5.41) is 5.44. The van der Waals surface area contributed by atoms with Crippen molar-refractivity contribution in [3.8, 4) is 11.1 Å². The zero-order valence-electron chi connectivity index (χ0n) is 11.0. The third-order valence-electron chi connectivity index (χ3n) is 3.14. The van der Waals surface area contributed by atoms with Crippen LogP contribution in [0.4, 0.5) is 4.39 Å². The molecule has 8 heteroatoms. The van der Waals surface area contributed by atoms with Crippen LogP contribution in [0.1, 0.15) is 10.6 Å². The Morgan fingerprint density at radius 1 is 1.36 bits per heavy atom. The lowest BCUT2D eigenvalue weighted by Crippen LogP contribution is -2.39. The van der Waals surface area contributed by atoms with Gasteiger partial charge in [0.2, 0.25) is 11.7 Å². The number of hydrogen-bond donors (Lipinski definition) is 2. The van der Waals surface area contributed by atoms with E-state index in [0.717, 1.165) is 0 Å². The van der Waals surface area contributed by atoms with E-state index in [1.165, 1.54) is 18.2 Å². The molecule has 3 rings (SSSR count). The van der Waals surface area contributed by atoms with Crippen molar-refractivity contribution in [3.05, 3.63) is 45.5 Å². The van der Waals surface area contributed by atoms with Gasteiger partial charge in [0.1, 0.15) is 12.0 Å². The molecule has 1 aliphatic rings. The number of ketones is 1. The number of hydrogen-bond acceptors (Lipinski definition) is 4. The van der Waals surface area contributed by atoms with Gasteiger partial charge in [-0.1, -0.05) is 11.6 Å². The Morgan fingerprint density at radius 3 is 2.77 bits per heavy atom. The summed E-state index contributed by atoms with van der Waals surface area (Å²) in [6, 6.07) is 5.50. The SMILES string of the molecule is O=C1CNC(C(=O)c2cc(-c3cc(F)cc(Cl)c3)c(Br)o2)N1. The van der Waals surface area contributed by atoms with Gasteiger partial charge in [-0.25, -0.2) is 4.39 Å². The maximum atomic E-state index is 13.4. The normalized spacial score (nSPS) is 17.6. The van der Waals surface area contributed by atoms with Crippen LogP contribution in [0.15, 0.2) is 33.4 Å². The van der Waals surface area contributed by atoms with Gasteiger partial charge in [-0.05, 0) is 45.8 Å². The highest BCUT2D eigenvalue weighted by Crippen LogP contribution is 2.33. The van der Waals surface area contributed by atoms with E-state index in [1.54, 1.807) is 6.07 Å². The average molecular weight is 388 g/mol. The predicted octanol–water partition coefficient (Wildman–Crippen LogP) is 2.73. The van der Waals surface area contributed by atoms with E-state index < -0.39 is 17.8 Å². The van der Waals surface area contributed by atoms with Gasteiger partial charge in [0, 0.05) is 10.6 Å². The van der Waals surface area contributed by atoms with Crippen molar-refractivity contribution >= 4 is 39.2 Å². The molecule has 1 aromatic heterocycles. The quantitative estimate of drug-likeness (QED) is 0.795. The van der Waals surface area contributed by atoms with Crippen LogP contribution in [0, 0.1) is 5.82 Å². The molecule has 1 saturated heterocycles. The molecule has 0 bridgehead atoms. The van der Waals surface area contributed by atoms with Gasteiger partial charge < -0.3 is 9.73 Å². The third kappa shape index (κ3) is 2.92. The van der Waals surface area contributed by atoms with Crippen molar-refractivity contribution in [1.29, 1.82) is 0 Å². The molecule has 5 nitrogen and oxygen atoms in total. The largest absolute Gasteiger partial charge is 0.445 e. The molecule has 2 aromatic rings. The molecule has 0 saturated carbocycles. The molecule has 0 radical (unpaired) electrons. The van der Waals surface area contributed by atoms with Crippen LogP contribution in [-0.4, -0.2) is 24.4 Å². The topological polar surface area (TPSA) is 71.3 Å². The minimum atomic E-state index is -0.825. The molecule has 1 aromatic carbocycles. The van der Waals surface area contributed by atoms with Gasteiger partial charge in [-0.3, -0.25) is 14.9 Å². The Labute approximate surface area is 137 Å². The van der Waals surface area contributed by atoms with Gasteiger partial charge >= 0.3 is 0 Å². The molecule has 0 spiro atoms. The van der Waals surface area contributed by atoms with Gasteiger partial charge in [0.05, 0.1) is 6.54 Å². The van der Waals surface area contributed by atoms with Gasteiger partial charge in [-0.2, -0.15) is 0 Å². The van der Waals surface area contributed by atoms with Crippen molar-refractivity contribution < 1.29 is 18.4 Å². The molecule has 1 aliphatic heterocycles. The molecular formula is C14H9BrClFN2O3. The Kier molecular flexibility index (Phi) is 4.03. The first kappa shape index (κ1) is 15.2. The summed E-state index contributed by atoms with van der Waals surface area (Å²) >= 11 is 9.03. The smallest absolute Gasteiger partial charge is 0.235 e.